The quantitative estimate of drug-likeness (QED) is 0.672. The molecule has 1 aromatic heterocycles. The summed E-state index contributed by atoms with van der Waals surface area (Å²) in [6, 6.07) is 3.58. The first-order valence-corrected chi connectivity index (χ1v) is 3.06. The molecule has 0 atom stereocenters. The Morgan fingerprint density at radius 2 is 2.30 bits per heavy atom. The van der Waals surface area contributed by atoms with Crippen molar-refractivity contribution >= 4 is 28.3 Å². The minimum atomic E-state index is 0. The Labute approximate surface area is 72.9 Å². The topological polar surface area (TPSA) is 54.7 Å². The molecule has 0 saturated heterocycles. The Kier molecular flexibility index (Phi) is 3.26. The summed E-state index contributed by atoms with van der Waals surface area (Å²) in [5.74, 6) is 5.32. The summed E-state index contributed by atoms with van der Waals surface area (Å²) in [4.78, 5) is 0. The van der Waals surface area contributed by atoms with Gasteiger partial charge in [-0.25, -0.2) is 0 Å². The number of rotatable bonds is 0. The Morgan fingerprint density at radius 1 is 1.70 bits per heavy atom. The number of nitriles is 1. The summed E-state index contributed by atoms with van der Waals surface area (Å²) in [6.07, 6.45) is 1.62. The number of halogens is 2. The molecule has 2 N–H and O–H groups in total. The second-order valence-corrected chi connectivity index (χ2v) is 2.48. The molecular formula is C5H5BrClN3. The molecule has 3 nitrogen and oxygen atoms in total. The molecule has 0 bridgehead atoms. The first-order valence-electron chi connectivity index (χ1n) is 2.27. The Balaban J connectivity index is 0.000000810. The van der Waals surface area contributed by atoms with Crippen LogP contribution in [0.15, 0.2) is 16.7 Å². The highest BCUT2D eigenvalue weighted by Gasteiger charge is 1.97. The van der Waals surface area contributed by atoms with Crippen LogP contribution in [-0.2, 0) is 0 Å². The lowest BCUT2D eigenvalue weighted by Crippen LogP contribution is -2.07. The molecule has 0 saturated carbocycles. The molecule has 0 radical (unpaired) electrons. The summed E-state index contributed by atoms with van der Waals surface area (Å²) in [5, 5.41) is 8.36. The fourth-order valence-electron chi connectivity index (χ4n) is 0.535. The van der Waals surface area contributed by atoms with Gasteiger partial charge < -0.3 is 5.84 Å². The van der Waals surface area contributed by atoms with Gasteiger partial charge in [-0.05, 0) is 22.0 Å². The molecule has 10 heavy (non-hydrogen) atoms. The fraction of sp³-hybridized carbons (Fsp3) is 0. The number of aromatic nitrogens is 1. The maximum Gasteiger partial charge on any atom is 0.140 e. The van der Waals surface area contributed by atoms with Crippen LogP contribution in [0.3, 0.4) is 0 Å². The van der Waals surface area contributed by atoms with Gasteiger partial charge >= 0.3 is 0 Å². The number of hydrogen-bond donors (Lipinski definition) is 1. The van der Waals surface area contributed by atoms with Crippen LogP contribution in [0, 0.1) is 11.3 Å². The van der Waals surface area contributed by atoms with E-state index in [4.69, 9.17) is 11.1 Å². The zero-order chi connectivity index (χ0) is 6.85. The lowest BCUT2D eigenvalue weighted by molar-refractivity contribution is 0.993. The molecule has 0 aliphatic rings. The first-order chi connectivity index (χ1) is 4.24. The molecule has 0 unspecified atom stereocenters. The number of hydrogen-bond acceptors (Lipinski definition) is 2. The lowest BCUT2D eigenvalue weighted by atomic mass is 10.5. The van der Waals surface area contributed by atoms with Crippen LogP contribution in [-0.4, -0.2) is 4.68 Å². The highest BCUT2D eigenvalue weighted by atomic mass is 79.9. The van der Waals surface area contributed by atoms with Crippen LogP contribution in [0.2, 0.25) is 0 Å². The van der Waals surface area contributed by atoms with Crippen molar-refractivity contribution in [2.24, 2.45) is 0 Å². The number of nitrogens with zero attached hydrogens (tertiary/aromatic N) is 2. The van der Waals surface area contributed by atoms with Gasteiger partial charge in [-0.15, -0.1) is 12.4 Å². The number of nitrogen functional groups attached to an aromatic ring is 1. The lowest BCUT2D eigenvalue weighted by Gasteiger charge is -1.87. The zero-order valence-electron chi connectivity index (χ0n) is 4.91. The van der Waals surface area contributed by atoms with Gasteiger partial charge in [0, 0.05) is 10.7 Å². The van der Waals surface area contributed by atoms with Gasteiger partial charge in [0.1, 0.15) is 11.8 Å². The molecule has 0 aliphatic carbocycles. The van der Waals surface area contributed by atoms with Crippen molar-refractivity contribution in [1.82, 2.24) is 4.68 Å². The molecule has 5 heteroatoms. The summed E-state index contributed by atoms with van der Waals surface area (Å²) >= 11 is 3.17. The molecule has 0 amide bonds. The van der Waals surface area contributed by atoms with E-state index in [0.29, 0.717) is 5.69 Å². The average molecular weight is 222 g/mol. The molecule has 1 rings (SSSR count). The van der Waals surface area contributed by atoms with Gasteiger partial charge in [-0.1, -0.05) is 0 Å². The third-order valence-corrected chi connectivity index (χ3v) is 1.36. The van der Waals surface area contributed by atoms with E-state index in [1.165, 1.54) is 4.68 Å². The zero-order valence-corrected chi connectivity index (χ0v) is 7.32. The van der Waals surface area contributed by atoms with Gasteiger partial charge in [-0.2, -0.15) is 5.26 Å². The van der Waals surface area contributed by atoms with Crippen molar-refractivity contribution in [3.8, 4) is 6.07 Å². The minimum Gasteiger partial charge on any atom is -0.338 e. The SMILES string of the molecule is Cl.N#Cc1cc(Br)cn1N. The maximum atomic E-state index is 8.36. The van der Waals surface area contributed by atoms with Gasteiger partial charge in [-0.3, -0.25) is 4.68 Å². The molecule has 0 aliphatic heterocycles. The normalized spacial score (nSPS) is 8.00. The Morgan fingerprint density at radius 3 is 2.50 bits per heavy atom. The molecule has 1 heterocycles. The third kappa shape index (κ3) is 1.66. The largest absolute Gasteiger partial charge is 0.338 e. The molecule has 0 fully saturated rings. The molecule has 1 aromatic rings. The second kappa shape index (κ2) is 3.49. The van der Waals surface area contributed by atoms with Crippen molar-refractivity contribution in [2.75, 3.05) is 5.84 Å². The predicted molar refractivity (Wildman–Crippen MR) is 44.2 cm³/mol. The van der Waals surface area contributed by atoms with E-state index in [-0.39, 0.29) is 12.4 Å². The van der Waals surface area contributed by atoms with E-state index < -0.39 is 0 Å². The van der Waals surface area contributed by atoms with E-state index in [1.54, 1.807) is 12.3 Å². The Bertz CT molecular complexity index is 262. The van der Waals surface area contributed by atoms with Crippen LogP contribution < -0.4 is 5.84 Å². The average Bonchev–Trinajstić information content (AvgIpc) is 2.10. The van der Waals surface area contributed by atoms with Gasteiger partial charge in [0.05, 0.1) is 0 Å². The first kappa shape index (κ1) is 9.34. The highest BCUT2D eigenvalue weighted by molar-refractivity contribution is 9.10. The molecule has 0 aromatic carbocycles. The van der Waals surface area contributed by atoms with Crippen molar-refractivity contribution in [2.45, 2.75) is 0 Å². The van der Waals surface area contributed by atoms with Crippen molar-refractivity contribution in [3.05, 3.63) is 22.4 Å². The van der Waals surface area contributed by atoms with Crippen LogP contribution >= 0.6 is 28.3 Å². The van der Waals surface area contributed by atoms with Gasteiger partial charge in [0.15, 0.2) is 0 Å². The van der Waals surface area contributed by atoms with Gasteiger partial charge in [0.25, 0.3) is 0 Å². The monoisotopic (exact) mass is 221 g/mol. The van der Waals surface area contributed by atoms with Crippen LogP contribution in [0.5, 0.6) is 0 Å². The van der Waals surface area contributed by atoms with Crippen LogP contribution in [0.4, 0.5) is 0 Å². The van der Waals surface area contributed by atoms with E-state index in [9.17, 15) is 0 Å². The standard InChI is InChI=1S/C5H4BrN3.ClH/c6-4-1-5(2-7)9(8)3-4;/h1,3H,8H2;1H. The van der Waals surface area contributed by atoms with E-state index >= 15 is 0 Å². The Hall–Kier alpha value is -0.660. The maximum absolute atomic E-state index is 8.36. The second-order valence-electron chi connectivity index (χ2n) is 1.56. The molecule has 54 valence electrons. The van der Waals surface area contributed by atoms with E-state index in [1.807, 2.05) is 6.07 Å². The molecule has 0 spiro atoms. The molecular weight excluding hydrogens is 217 g/mol. The predicted octanol–water partition coefficient (Wildman–Crippen LogP) is 1.26. The van der Waals surface area contributed by atoms with Crippen molar-refractivity contribution in [1.29, 1.82) is 5.26 Å². The summed E-state index contributed by atoms with van der Waals surface area (Å²) < 4.78 is 2.09. The minimum absolute atomic E-state index is 0. The van der Waals surface area contributed by atoms with Crippen LogP contribution in [0.1, 0.15) is 5.69 Å². The fourth-order valence-corrected chi connectivity index (χ4v) is 0.972. The summed E-state index contributed by atoms with van der Waals surface area (Å²) in [6.45, 7) is 0. The van der Waals surface area contributed by atoms with Crippen LogP contribution in [0.25, 0.3) is 0 Å². The number of nitrogens with two attached hydrogens (primary N) is 1. The van der Waals surface area contributed by atoms with E-state index in [2.05, 4.69) is 15.9 Å². The van der Waals surface area contributed by atoms with E-state index in [0.717, 1.165) is 4.47 Å². The highest BCUT2D eigenvalue weighted by Crippen LogP contribution is 2.10. The van der Waals surface area contributed by atoms with Crippen molar-refractivity contribution in [3.63, 3.8) is 0 Å². The van der Waals surface area contributed by atoms with Gasteiger partial charge in [0.2, 0.25) is 0 Å². The summed E-state index contributed by atoms with van der Waals surface area (Å²) in [7, 11) is 0. The summed E-state index contributed by atoms with van der Waals surface area (Å²) in [5.41, 5.74) is 0.446. The third-order valence-electron chi connectivity index (χ3n) is 0.930. The van der Waals surface area contributed by atoms with Crippen molar-refractivity contribution < 1.29 is 0 Å². The smallest absolute Gasteiger partial charge is 0.140 e.